The topological polar surface area (TPSA) is 66.5 Å². The number of carbonyl (C=O) groups excluding carboxylic acids is 3. The number of carbonyl (C=O) groups is 3. The molecule has 3 fully saturated rings. The van der Waals surface area contributed by atoms with Gasteiger partial charge >= 0.3 is 0 Å². The Morgan fingerprint density at radius 1 is 1.12 bits per heavy atom. The molecule has 4 aliphatic carbocycles. The van der Waals surface area contributed by atoms with Crippen LogP contribution < -0.4 is 5.32 Å². The molecule has 0 unspecified atom stereocenters. The molecule has 0 radical (unpaired) electrons. The Morgan fingerprint density at radius 2 is 1.76 bits per heavy atom. The van der Waals surface area contributed by atoms with Crippen LogP contribution in [0.5, 0.6) is 0 Å². The summed E-state index contributed by atoms with van der Waals surface area (Å²) in [4.78, 5) is 39.1. The lowest BCUT2D eigenvalue weighted by Crippen LogP contribution is -2.40. The molecule has 1 heterocycles. The third kappa shape index (κ3) is 2.18. The molecule has 1 aliphatic heterocycles. The van der Waals surface area contributed by atoms with Crippen LogP contribution in [0.15, 0.2) is 36.4 Å². The zero-order chi connectivity index (χ0) is 17.3. The maximum absolute atomic E-state index is 12.8. The molecule has 5 aliphatic rings. The van der Waals surface area contributed by atoms with E-state index in [1.165, 1.54) is 0 Å². The SMILES string of the molecule is O=C(CN1C(=O)[C@@H]2[C@@H]3C=C[C@H]([C@H]4C[C@H]34)[C@@H]2C1=O)Nc1cccc(Cl)c1. The number of rotatable bonds is 3. The standard InChI is InChI=1S/C19H17ClN2O3/c20-9-2-1-3-10(6-9)21-15(23)8-22-18(24)16-11-4-5-12(14-7-13(11)14)17(16)19(22)25/h1-6,11-14,16-17H,7-8H2,(H,21,23)/t11-,12-,13-,14-,16-,17+/m1/s1. The molecular formula is C19H17ClN2O3. The smallest absolute Gasteiger partial charge is 0.244 e. The first-order valence-electron chi connectivity index (χ1n) is 8.63. The lowest BCUT2D eigenvalue weighted by atomic mass is 9.63. The van der Waals surface area contributed by atoms with Crippen molar-refractivity contribution < 1.29 is 14.4 Å². The Morgan fingerprint density at radius 3 is 2.36 bits per heavy atom. The molecule has 1 N–H and O–H groups in total. The number of hydrogen-bond acceptors (Lipinski definition) is 3. The largest absolute Gasteiger partial charge is 0.324 e. The van der Waals surface area contributed by atoms with Gasteiger partial charge in [-0.2, -0.15) is 0 Å². The van der Waals surface area contributed by atoms with Gasteiger partial charge in [0.2, 0.25) is 17.7 Å². The van der Waals surface area contributed by atoms with Crippen molar-refractivity contribution in [1.82, 2.24) is 4.90 Å². The first kappa shape index (κ1) is 15.1. The van der Waals surface area contributed by atoms with Gasteiger partial charge in [0, 0.05) is 10.7 Å². The summed E-state index contributed by atoms with van der Waals surface area (Å²) in [5, 5.41) is 3.22. The summed E-state index contributed by atoms with van der Waals surface area (Å²) in [7, 11) is 0. The summed E-state index contributed by atoms with van der Waals surface area (Å²) in [6, 6.07) is 6.79. The number of nitrogens with one attached hydrogen (secondary N) is 1. The maximum Gasteiger partial charge on any atom is 0.244 e. The van der Waals surface area contributed by atoms with E-state index in [1.54, 1.807) is 24.3 Å². The van der Waals surface area contributed by atoms with Crippen LogP contribution in [-0.4, -0.2) is 29.2 Å². The predicted molar refractivity (Wildman–Crippen MR) is 91.5 cm³/mol. The van der Waals surface area contributed by atoms with Crippen molar-refractivity contribution in [3.8, 4) is 0 Å². The third-order valence-corrected chi connectivity index (χ3v) is 6.40. The Labute approximate surface area is 150 Å². The summed E-state index contributed by atoms with van der Waals surface area (Å²) < 4.78 is 0. The molecule has 1 aromatic carbocycles. The van der Waals surface area contributed by atoms with Gasteiger partial charge in [0.15, 0.2) is 0 Å². The van der Waals surface area contributed by atoms with E-state index in [-0.39, 0.29) is 47.9 Å². The van der Waals surface area contributed by atoms with Gasteiger partial charge in [-0.15, -0.1) is 0 Å². The number of hydrogen-bond donors (Lipinski definition) is 1. The second-order valence-corrected chi connectivity index (χ2v) is 7.91. The van der Waals surface area contributed by atoms with Crippen LogP contribution in [0.25, 0.3) is 0 Å². The van der Waals surface area contributed by atoms with Crippen molar-refractivity contribution in [2.75, 3.05) is 11.9 Å². The number of amides is 3. The van der Waals surface area contributed by atoms with Gasteiger partial charge in [0.25, 0.3) is 0 Å². The number of halogens is 1. The normalized spacial score (nSPS) is 37.1. The van der Waals surface area contributed by atoms with Crippen molar-refractivity contribution in [2.24, 2.45) is 35.5 Å². The number of imide groups is 1. The summed E-state index contributed by atoms with van der Waals surface area (Å²) in [6.07, 6.45) is 5.38. The van der Waals surface area contributed by atoms with Gasteiger partial charge in [-0.05, 0) is 48.3 Å². The molecule has 0 aromatic heterocycles. The average molecular weight is 357 g/mol. The van der Waals surface area contributed by atoms with Crippen molar-refractivity contribution in [2.45, 2.75) is 6.42 Å². The van der Waals surface area contributed by atoms with Crippen LogP contribution in [0.4, 0.5) is 5.69 Å². The Balaban J connectivity index is 1.33. The quantitative estimate of drug-likeness (QED) is 0.667. The second-order valence-electron chi connectivity index (χ2n) is 7.48. The molecule has 25 heavy (non-hydrogen) atoms. The lowest BCUT2D eigenvalue weighted by molar-refractivity contribution is -0.142. The Kier molecular flexibility index (Phi) is 3.14. The minimum Gasteiger partial charge on any atom is -0.324 e. The summed E-state index contributed by atoms with van der Waals surface area (Å²) >= 11 is 5.91. The van der Waals surface area contributed by atoms with E-state index in [9.17, 15) is 14.4 Å². The van der Waals surface area contributed by atoms with Crippen LogP contribution in [0.1, 0.15) is 6.42 Å². The fourth-order valence-corrected chi connectivity index (χ4v) is 5.28. The van der Waals surface area contributed by atoms with E-state index in [1.807, 2.05) is 0 Å². The van der Waals surface area contributed by atoms with E-state index in [4.69, 9.17) is 11.6 Å². The maximum atomic E-state index is 12.8. The summed E-state index contributed by atoms with van der Waals surface area (Å²) in [5.41, 5.74) is 0.553. The number of likely N-dealkylation sites (tertiary alicyclic amines) is 1. The Bertz CT molecular complexity index is 800. The van der Waals surface area contributed by atoms with Gasteiger partial charge in [0.05, 0.1) is 11.8 Å². The molecule has 6 atom stereocenters. The van der Waals surface area contributed by atoms with Gasteiger partial charge in [-0.1, -0.05) is 29.8 Å². The van der Waals surface area contributed by atoms with E-state index >= 15 is 0 Å². The monoisotopic (exact) mass is 356 g/mol. The summed E-state index contributed by atoms with van der Waals surface area (Å²) in [6.45, 7) is -0.230. The highest BCUT2D eigenvalue weighted by Gasteiger charge is 2.67. The minimum atomic E-state index is -0.381. The Hall–Kier alpha value is -2.14. The molecule has 2 bridgehead atoms. The number of allylic oxidation sites excluding steroid dienone is 2. The van der Waals surface area contributed by atoms with Crippen molar-refractivity contribution in [3.05, 3.63) is 41.4 Å². The number of anilines is 1. The van der Waals surface area contributed by atoms with Crippen LogP contribution in [-0.2, 0) is 14.4 Å². The van der Waals surface area contributed by atoms with Gasteiger partial charge in [-0.25, -0.2) is 0 Å². The molecular weight excluding hydrogens is 340 g/mol. The third-order valence-electron chi connectivity index (χ3n) is 6.16. The number of nitrogens with zero attached hydrogens (tertiary/aromatic N) is 1. The molecule has 0 spiro atoms. The van der Waals surface area contributed by atoms with Crippen molar-refractivity contribution in [3.63, 3.8) is 0 Å². The molecule has 1 saturated heterocycles. The first-order valence-corrected chi connectivity index (χ1v) is 9.01. The predicted octanol–water partition coefficient (Wildman–Crippen LogP) is 2.33. The fourth-order valence-electron chi connectivity index (χ4n) is 5.08. The molecule has 2 saturated carbocycles. The van der Waals surface area contributed by atoms with Gasteiger partial charge in [-0.3, -0.25) is 19.3 Å². The molecule has 1 aromatic rings. The molecule has 6 heteroatoms. The highest BCUT2D eigenvalue weighted by Crippen LogP contribution is 2.65. The average Bonchev–Trinajstić information content (AvgIpc) is 3.36. The zero-order valence-electron chi connectivity index (χ0n) is 13.4. The van der Waals surface area contributed by atoms with Crippen molar-refractivity contribution >= 4 is 35.0 Å². The van der Waals surface area contributed by atoms with Crippen LogP contribution in [0.2, 0.25) is 5.02 Å². The zero-order valence-corrected chi connectivity index (χ0v) is 14.1. The second kappa shape index (κ2) is 5.18. The van der Waals surface area contributed by atoms with E-state index in [0.717, 1.165) is 11.3 Å². The van der Waals surface area contributed by atoms with Crippen LogP contribution in [0, 0.1) is 35.5 Å². The van der Waals surface area contributed by atoms with Crippen LogP contribution in [0.3, 0.4) is 0 Å². The molecule has 3 amide bonds. The van der Waals surface area contributed by atoms with E-state index in [2.05, 4.69) is 17.5 Å². The van der Waals surface area contributed by atoms with E-state index in [0.29, 0.717) is 22.5 Å². The highest BCUT2D eigenvalue weighted by atomic mass is 35.5. The molecule has 6 rings (SSSR count). The fraction of sp³-hybridized carbons (Fsp3) is 0.421. The van der Waals surface area contributed by atoms with E-state index < -0.39 is 0 Å². The first-order chi connectivity index (χ1) is 12.0. The molecule has 128 valence electrons. The van der Waals surface area contributed by atoms with Crippen LogP contribution >= 0.6 is 11.6 Å². The van der Waals surface area contributed by atoms with Gasteiger partial charge in [0.1, 0.15) is 6.54 Å². The minimum absolute atomic E-state index is 0.178. The highest BCUT2D eigenvalue weighted by molar-refractivity contribution is 6.30. The summed E-state index contributed by atoms with van der Waals surface area (Å²) in [5.74, 6) is 0.224. The van der Waals surface area contributed by atoms with Gasteiger partial charge < -0.3 is 5.32 Å². The van der Waals surface area contributed by atoms with Crippen molar-refractivity contribution in [1.29, 1.82) is 0 Å². The number of benzene rings is 1. The lowest BCUT2D eigenvalue weighted by Gasteiger charge is -2.37. The molecule has 5 nitrogen and oxygen atoms in total.